The number of H-pyrrole nitrogens is 1. The number of carbonyl (C=O) groups is 1. The second-order valence-electron chi connectivity index (χ2n) is 8.24. The summed E-state index contributed by atoms with van der Waals surface area (Å²) in [4.78, 5) is 30.5. The molecular weight excluding hydrogens is 376 g/mol. The van der Waals surface area contributed by atoms with E-state index in [0.29, 0.717) is 13.1 Å². The Kier molecular flexibility index (Phi) is 4.99. The Balaban J connectivity index is 1.30. The molecule has 0 saturated carbocycles. The van der Waals surface area contributed by atoms with Crippen molar-refractivity contribution < 1.29 is 4.79 Å². The fourth-order valence-electron chi connectivity index (χ4n) is 4.60. The van der Waals surface area contributed by atoms with Crippen molar-refractivity contribution in [3.05, 3.63) is 69.8 Å². The van der Waals surface area contributed by atoms with Gasteiger partial charge in [-0.2, -0.15) is 5.10 Å². The zero-order chi connectivity index (χ0) is 20.5. The molecule has 1 aliphatic heterocycles. The molecule has 1 amide bonds. The van der Waals surface area contributed by atoms with Crippen molar-refractivity contribution in [1.82, 2.24) is 19.7 Å². The van der Waals surface area contributed by atoms with Crippen LogP contribution in [-0.4, -0.2) is 38.7 Å². The molecule has 0 bridgehead atoms. The first-order valence-corrected chi connectivity index (χ1v) is 10.8. The van der Waals surface area contributed by atoms with Gasteiger partial charge in [-0.1, -0.05) is 30.7 Å². The minimum atomic E-state index is -0.170. The van der Waals surface area contributed by atoms with Crippen LogP contribution in [0.15, 0.2) is 47.4 Å². The molecule has 0 atom stereocenters. The number of nitrogens with zero attached hydrogens (tertiary/aromatic N) is 3. The highest BCUT2D eigenvalue weighted by molar-refractivity contribution is 5.93. The third kappa shape index (κ3) is 3.58. The summed E-state index contributed by atoms with van der Waals surface area (Å²) in [5.41, 5.74) is 5.47. The van der Waals surface area contributed by atoms with Gasteiger partial charge in [0.2, 0.25) is 5.91 Å². The van der Waals surface area contributed by atoms with E-state index in [0.717, 1.165) is 48.9 Å². The van der Waals surface area contributed by atoms with Crippen LogP contribution in [-0.2, 0) is 24.2 Å². The van der Waals surface area contributed by atoms with Crippen LogP contribution in [0.5, 0.6) is 0 Å². The van der Waals surface area contributed by atoms with E-state index in [9.17, 15) is 9.59 Å². The molecule has 0 saturated heterocycles. The number of amides is 1. The minimum Gasteiger partial charge on any atom is -0.361 e. The number of aryl methyl sites for hydroxylation is 2. The fourth-order valence-corrected chi connectivity index (χ4v) is 4.60. The molecule has 0 unspecified atom stereocenters. The molecule has 2 aliphatic rings. The van der Waals surface area contributed by atoms with E-state index in [4.69, 9.17) is 0 Å². The molecule has 2 aromatic heterocycles. The van der Waals surface area contributed by atoms with Crippen molar-refractivity contribution in [1.29, 1.82) is 0 Å². The van der Waals surface area contributed by atoms with Gasteiger partial charge < -0.3 is 9.88 Å². The number of nitrogens with one attached hydrogen (secondary N) is 1. The van der Waals surface area contributed by atoms with E-state index in [2.05, 4.69) is 28.3 Å². The topological polar surface area (TPSA) is 71.0 Å². The lowest BCUT2D eigenvalue weighted by molar-refractivity contribution is -0.131. The Bertz CT molecular complexity index is 1190. The second-order valence-corrected chi connectivity index (χ2v) is 8.24. The van der Waals surface area contributed by atoms with Gasteiger partial charge in [0.1, 0.15) is 6.54 Å². The van der Waals surface area contributed by atoms with Gasteiger partial charge in [0.15, 0.2) is 0 Å². The lowest BCUT2D eigenvalue weighted by Gasteiger charge is -2.26. The summed E-state index contributed by atoms with van der Waals surface area (Å²) in [5, 5.41) is 5.75. The zero-order valence-electron chi connectivity index (χ0n) is 17.1. The molecule has 3 aromatic rings. The zero-order valence-corrected chi connectivity index (χ0v) is 17.1. The lowest BCUT2D eigenvalue weighted by Crippen LogP contribution is -2.39. The van der Waals surface area contributed by atoms with Gasteiger partial charge in [0.05, 0.1) is 5.69 Å². The predicted molar refractivity (Wildman–Crippen MR) is 117 cm³/mol. The maximum atomic E-state index is 12.9. The van der Waals surface area contributed by atoms with E-state index >= 15 is 0 Å². The van der Waals surface area contributed by atoms with Gasteiger partial charge in [-0.05, 0) is 49.3 Å². The Morgan fingerprint density at radius 3 is 2.83 bits per heavy atom. The number of carbonyl (C=O) groups excluding carboxylic acids is 1. The average molecular weight is 402 g/mol. The molecule has 1 N–H and O–H groups in total. The Hall–Kier alpha value is -3.15. The number of aromatic amines is 1. The summed E-state index contributed by atoms with van der Waals surface area (Å²) in [6.45, 7) is 1.24. The van der Waals surface area contributed by atoms with Crippen molar-refractivity contribution in [3.8, 4) is 0 Å². The Labute approximate surface area is 175 Å². The standard InChI is InChI=1S/C24H26N4O2/c29-23-14-18-6-2-1-3-8-21(18)26-28(23)16-24(30)27-12-10-17(11-13-27)20-15-25-22-9-5-4-7-19(20)22/h4-5,7,9-10,14-15,25H,1-3,6,8,11-13,16H2. The third-order valence-electron chi connectivity index (χ3n) is 6.31. The molecule has 6 heteroatoms. The highest BCUT2D eigenvalue weighted by atomic mass is 16.2. The maximum Gasteiger partial charge on any atom is 0.267 e. The number of fused-ring (bicyclic) bond motifs is 2. The van der Waals surface area contributed by atoms with Crippen molar-refractivity contribution >= 4 is 22.4 Å². The second kappa shape index (κ2) is 7.94. The van der Waals surface area contributed by atoms with Crippen LogP contribution in [0.4, 0.5) is 0 Å². The van der Waals surface area contributed by atoms with Crippen LogP contribution in [0.3, 0.4) is 0 Å². The van der Waals surface area contributed by atoms with Crippen molar-refractivity contribution in [2.24, 2.45) is 0 Å². The third-order valence-corrected chi connectivity index (χ3v) is 6.31. The van der Waals surface area contributed by atoms with Crippen LogP contribution in [0.1, 0.15) is 42.5 Å². The number of para-hydroxylation sites is 1. The molecule has 3 heterocycles. The first-order valence-electron chi connectivity index (χ1n) is 10.8. The molecule has 154 valence electrons. The normalized spacial score (nSPS) is 16.8. The number of aromatic nitrogens is 3. The van der Waals surface area contributed by atoms with Gasteiger partial charge in [0.25, 0.3) is 5.56 Å². The molecule has 0 spiro atoms. The first-order chi connectivity index (χ1) is 14.7. The van der Waals surface area contributed by atoms with Gasteiger partial charge in [0, 0.05) is 41.8 Å². The van der Waals surface area contributed by atoms with Crippen molar-refractivity contribution in [2.75, 3.05) is 13.1 Å². The number of hydrogen-bond donors (Lipinski definition) is 1. The molecule has 30 heavy (non-hydrogen) atoms. The molecule has 5 rings (SSSR count). The van der Waals surface area contributed by atoms with Crippen LogP contribution >= 0.6 is 0 Å². The van der Waals surface area contributed by atoms with Crippen molar-refractivity contribution in [3.63, 3.8) is 0 Å². The SMILES string of the molecule is O=C(Cn1nc2c(cc1=O)CCCCC2)N1CC=C(c2c[nH]c3ccccc23)CC1. The van der Waals surface area contributed by atoms with Crippen LogP contribution in [0, 0.1) is 0 Å². The highest BCUT2D eigenvalue weighted by Gasteiger charge is 2.21. The van der Waals surface area contributed by atoms with Gasteiger partial charge >= 0.3 is 0 Å². The number of rotatable bonds is 3. The summed E-state index contributed by atoms with van der Waals surface area (Å²) in [7, 11) is 0. The van der Waals surface area contributed by atoms with E-state index in [1.165, 1.54) is 27.6 Å². The summed E-state index contributed by atoms with van der Waals surface area (Å²) < 4.78 is 1.35. The summed E-state index contributed by atoms with van der Waals surface area (Å²) >= 11 is 0. The first kappa shape index (κ1) is 18.9. The summed E-state index contributed by atoms with van der Waals surface area (Å²) in [6.07, 6.45) is 10.2. The highest BCUT2D eigenvalue weighted by Crippen LogP contribution is 2.29. The smallest absolute Gasteiger partial charge is 0.267 e. The van der Waals surface area contributed by atoms with E-state index in [-0.39, 0.29) is 18.0 Å². The number of benzene rings is 1. The van der Waals surface area contributed by atoms with E-state index in [1.807, 2.05) is 23.2 Å². The summed E-state index contributed by atoms with van der Waals surface area (Å²) in [6, 6.07) is 9.95. The molecular formula is C24H26N4O2. The largest absolute Gasteiger partial charge is 0.361 e. The van der Waals surface area contributed by atoms with Gasteiger partial charge in [-0.3, -0.25) is 9.59 Å². The monoisotopic (exact) mass is 402 g/mol. The van der Waals surface area contributed by atoms with E-state index < -0.39 is 0 Å². The van der Waals surface area contributed by atoms with Crippen LogP contribution in [0.2, 0.25) is 0 Å². The fraction of sp³-hybridized carbons (Fsp3) is 0.375. The number of hydrogen-bond acceptors (Lipinski definition) is 3. The summed E-state index contributed by atoms with van der Waals surface area (Å²) in [5.74, 6) is -0.0487. The van der Waals surface area contributed by atoms with Gasteiger partial charge in [-0.25, -0.2) is 4.68 Å². The quantitative estimate of drug-likeness (QED) is 0.684. The predicted octanol–water partition coefficient (Wildman–Crippen LogP) is 3.31. The Morgan fingerprint density at radius 1 is 1.10 bits per heavy atom. The van der Waals surface area contributed by atoms with Crippen LogP contribution in [0.25, 0.3) is 16.5 Å². The van der Waals surface area contributed by atoms with E-state index in [1.54, 1.807) is 6.07 Å². The van der Waals surface area contributed by atoms with Gasteiger partial charge in [-0.15, -0.1) is 0 Å². The maximum absolute atomic E-state index is 12.9. The minimum absolute atomic E-state index is 0.0162. The molecule has 0 radical (unpaired) electrons. The van der Waals surface area contributed by atoms with Crippen molar-refractivity contribution in [2.45, 2.75) is 45.1 Å². The average Bonchev–Trinajstić information content (AvgIpc) is 3.07. The Morgan fingerprint density at radius 2 is 1.97 bits per heavy atom. The van der Waals surface area contributed by atoms with Crippen LogP contribution < -0.4 is 5.56 Å². The molecule has 6 nitrogen and oxygen atoms in total. The lowest BCUT2D eigenvalue weighted by atomic mass is 9.99. The molecule has 0 fully saturated rings. The molecule has 1 aliphatic carbocycles. The molecule has 1 aromatic carbocycles.